The molecule has 1 aromatic carbocycles. The van der Waals surface area contributed by atoms with E-state index < -0.39 is 0 Å². The number of benzene rings is 1. The Labute approximate surface area is 149 Å². The molecule has 1 amide bonds. The lowest BCUT2D eigenvalue weighted by atomic mass is 10.2. The van der Waals surface area contributed by atoms with E-state index >= 15 is 0 Å². The van der Waals surface area contributed by atoms with Gasteiger partial charge in [0.25, 0.3) is 0 Å². The maximum absolute atomic E-state index is 12.0. The van der Waals surface area contributed by atoms with Crippen LogP contribution in [0.25, 0.3) is 11.7 Å². The number of aryl methyl sites for hydroxylation is 1. The highest BCUT2D eigenvalue weighted by Crippen LogP contribution is 2.25. The number of rotatable bonds is 4. The Morgan fingerprint density at radius 3 is 2.71 bits per heavy atom. The Morgan fingerprint density at radius 1 is 1.25 bits per heavy atom. The van der Waals surface area contributed by atoms with Crippen molar-refractivity contribution in [3.05, 3.63) is 75.7 Å². The average Bonchev–Trinajstić information content (AvgIpc) is 2.97. The highest BCUT2D eigenvalue weighted by molar-refractivity contribution is 6.37. The van der Waals surface area contributed by atoms with Gasteiger partial charge in [0.05, 0.1) is 12.2 Å². The van der Waals surface area contributed by atoms with E-state index in [1.54, 1.807) is 24.3 Å². The first-order valence-corrected chi connectivity index (χ1v) is 8.13. The SMILES string of the molecule is Cc1cccn2cc(CNC(=O)/C=C/c3c(Cl)cccc3Cl)nc12. The molecule has 4 nitrogen and oxygen atoms in total. The molecule has 1 N–H and O–H groups in total. The quantitative estimate of drug-likeness (QED) is 0.706. The van der Waals surface area contributed by atoms with Crippen LogP contribution in [0.2, 0.25) is 10.0 Å². The van der Waals surface area contributed by atoms with Gasteiger partial charge in [0.15, 0.2) is 0 Å². The number of carbonyl (C=O) groups is 1. The van der Waals surface area contributed by atoms with Gasteiger partial charge in [0, 0.05) is 34.1 Å². The fourth-order valence-corrected chi connectivity index (χ4v) is 2.88. The number of imidazole rings is 1. The van der Waals surface area contributed by atoms with Gasteiger partial charge in [0.1, 0.15) is 5.65 Å². The predicted octanol–water partition coefficient (Wildman–Crippen LogP) is 4.28. The molecule has 2 heterocycles. The largest absolute Gasteiger partial charge is 0.347 e. The molecule has 0 aliphatic carbocycles. The van der Waals surface area contributed by atoms with Crippen molar-refractivity contribution in [3.8, 4) is 0 Å². The number of hydrogen-bond donors (Lipinski definition) is 1. The summed E-state index contributed by atoms with van der Waals surface area (Å²) in [5.41, 5.74) is 3.39. The normalized spacial score (nSPS) is 11.3. The standard InChI is InChI=1S/C18H15Cl2N3O/c1-12-4-3-9-23-11-13(22-18(12)23)10-21-17(24)8-7-14-15(19)5-2-6-16(14)20/h2-9,11H,10H2,1H3,(H,21,24)/b8-7+. The van der Waals surface area contributed by atoms with Crippen molar-refractivity contribution in [2.24, 2.45) is 0 Å². The molecule has 24 heavy (non-hydrogen) atoms. The highest BCUT2D eigenvalue weighted by atomic mass is 35.5. The second-order valence-electron chi connectivity index (χ2n) is 5.34. The molecule has 122 valence electrons. The zero-order valence-electron chi connectivity index (χ0n) is 13.0. The van der Waals surface area contributed by atoms with E-state index in [0.29, 0.717) is 22.2 Å². The summed E-state index contributed by atoms with van der Waals surface area (Å²) in [5.74, 6) is -0.236. The van der Waals surface area contributed by atoms with E-state index in [9.17, 15) is 4.79 Å². The van der Waals surface area contributed by atoms with Gasteiger partial charge in [-0.2, -0.15) is 0 Å². The van der Waals surface area contributed by atoms with Crippen LogP contribution < -0.4 is 5.32 Å². The van der Waals surface area contributed by atoms with Gasteiger partial charge in [-0.15, -0.1) is 0 Å². The second-order valence-corrected chi connectivity index (χ2v) is 6.16. The molecule has 0 atom stereocenters. The Hall–Kier alpha value is -2.30. The lowest BCUT2D eigenvalue weighted by Crippen LogP contribution is -2.20. The maximum atomic E-state index is 12.0. The van der Waals surface area contributed by atoms with Crippen molar-refractivity contribution in [1.82, 2.24) is 14.7 Å². The maximum Gasteiger partial charge on any atom is 0.244 e. The number of amides is 1. The summed E-state index contributed by atoms with van der Waals surface area (Å²) < 4.78 is 1.94. The average molecular weight is 360 g/mol. The van der Waals surface area contributed by atoms with Crippen LogP contribution >= 0.6 is 23.2 Å². The summed E-state index contributed by atoms with van der Waals surface area (Å²) >= 11 is 12.1. The topological polar surface area (TPSA) is 46.4 Å². The fourth-order valence-electron chi connectivity index (χ4n) is 2.36. The molecular formula is C18H15Cl2N3O. The van der Waals surface area contributed by atoms with E-state index in [2.05, 4.69) is 10.3 Å². The van der Waals surface area contributed by atoms with Crippen LogP contribution in [0.3, 0.4) is 0 Å². The van der Waals surface area contributed by atoms with E-state index in [-0.39, 0.29) is 5.91 Å². The summed E-state index contributed by atoms with van der Waals surface area (Å²) in [5, 5.41) is 3.81. The smallest absolute Gasteiger partial charge is 0.244 e. The molecule has 0 saturated heterocycles. The van der Waals surface area contributed by atoms with Gasteiger partial charge in [0.2, 0.25) is 5.91 Å². The molecule has 6 heteroatoms. The molecule has 0 aliphatic heterocycles. The molecule has 2 aromatic heterocycles. The first-order chi connectivity index (χ1) is 11.5. The Morgan fingerprint density at radius 2 is 2.00 bits per heavy atom. The van der Waals surface area contributed by atoms with Crippen LogP contribution in [0, 0.1) is 6.92 Å². The lowest BCUT2D eigenvalue weighted by Gasteiger charge is -2.01. The van der Waals surface area contributed by atoms with Gasteiger partial charge >= 0.3 is 0 Å². The van der Waals surface area contributed by atoms with Crippen LogP contribution in [0.15, 0.2) is 48.8 Å². The highest BCUT2D eigenvalue weighted by Gasteiger charge is 2.05. The second kappa shape index (κ2) is 7.07. The van der Waals surface area contributed by atoms with Gasteiger partial charge in [-0.05, 0) is 36.8 Å². The number of hydrogen-bond acceptors (Lipinski definition) is 2. The monoisotopic (exact) mass is 359 g/mol. The molecule has 3 rings (SSSR count). The summed E-state index contributed by atoms with van der Waals surface area (Å²) in [6.07, 6.45) is 6.85. The number of carbonyl (C=O) groups excluding carboxylic acids is 1. The van der Waals surface area contributed by atoms with Crippen molar-refractivity contribution >= 4 is 40.8 Å². The Kier molecular flexibility index (Phi) is 4.88. The minimum absolute atomic E-state index is 0.236. The number of nitrogens with zero attached hydrogens (tertiary/aromatic N) is 2. The number of halogens is 2. The predicted molar refractivity (Wildman–Crippen MR) is 97.3 cm³/mol. The van der Waals surface area contributed by atoms with Crippen LogP contribution in [0.5, 0.6) is 0 Å². The van der Waals surface area contributed by atoms with E-state index in [1.165, 1.54) is 6.08 Å². The summed E-state index contributed by atoms with van der Waals surface area (Å²) in [7, 11) is 0. The van der Waals surface area contributed by atoms with Crippen LogP contribution in [0.4, 0.5) is 0 Å². The zero-order chi connectivity index (χ0) is 17.1. The minimum atomic E-state index is -0.236. The molecule has 0 fully saturated rings. The number of pyridine rings is 1. The van der Waals surface area contributed by atoms with Crippen molar-refractivity contribution in [2.45, 2.75) is 13.5 Å². The number of fused-ring (bicyclic) bond motifs is 1. The molecule has 0 spiro atoms. The Bertz CT molecular complexity index is 911. The van der Waals surface area contributed by atoms with E-state index in [0.717, 1.165) is 16.9 Å². The zero-order valence-corrected chi connectivity index (χ0v) is 14.5. The first-order valence-electron chi connectivity index (χ1n) is 7.38. The molecule has 0 radical (unpaired) electrons. The van der Waals surface area contributed by atoms with Crippen molar-refractivity contribution in [2.75, 3.05) is 0 Å². The third-order valence-electron chi connectivity index (χ3n) is 3.57. The summed E-state index contributed by atoms with van der Waals surface area (Å²) in [6, 6.07) is 9.17. The molecule has 0 saturated carbocycles. The Balaban J connectivity index is 1.66. The summed E-state index contributed by atoms with van der Waals surface area (Å²) in [4.78, 5) is 16.5. The van der Waals surface area contributed by atoms with Crippen molar-refractivity contribution in [3.63, 3.8) is 0 Å². The third kappa shape index (κ3) is 3.61. The van der Waals surface area contributed by atoms with E-state index in [1.807, 2.05) is 35.9 Å². The van der Waals surface area contributed by atoms with Crippen molar-refractivity contribution < 1.29 is 4.79 Å². The van der Waals surface area contributed by atoms with E-state index in [4.69, 9.17) is 23.2 Å². The molecule has 3 aromatic rings. The van der Waals surface area contributed by atoms with Gasteiger partial charge in [-0.1, -0.05) is 35.3 Å². The summed E-state index contributed by atoms with van der Waals surface area (Å²) in [6.45, 7) is 2.35. The van der Waals surface area contributed by atoms with Gasteiger partial charge in [-0.25, -0.2) is 4.98 Å². The van der Waals surface area contributed by atoms with Crippen LogP contribution in [-0.2, 0) is 11.3 Å². The number of nitrogens with one attached hydrogen (secondary N) is 1. The molecule has 0 aliphatic rings. The van der Waals surface area contributed by atoms with Gasteiger partial charge < -0.3 is 9.72 Å². The minimum Gasteiger partial charge on any atom is -0.347 e. The van der Waals surface area contributed by atoms with Crippen molar-refractivity contribution in [1.29, 1.82) is 0 Å². The number of aromatic nitrogens is 2. The fraction of sp³-hybridized carbons (Fsp3) is 0.111. The lowest BCUT2D eigenvalue weighted by molar-refractivity contribution is -0.116. The third-order valence-corrected chi connectivity index (χ3v) is 4.23. The van der Waals surface area contributed by atoms with Crippen LogP contribution in [-0.4, -0.2) is 15.3 Å². The molecule has 0 bridgehead atoms. The van der Waals surface area contributed by atoms with Crippen LogP contribution in [0.1, 0.15) is 16.8 Å². The van der Waals surface area contributed by atoms with Gasteiger partial charge in [-0.3, -0.25) is 4.79 Å². The molecule has 0 unspecified atom stereocenters. The molecular weight excluding hydrogens is 345 g/mol. The first kappa shape index (κ1) is 16.6.